The van der Waals surface area contributed by atoms with Gasteiger partial charge in [-0.05, 0) is 18.8 Å². The molecule has 1 aromatic heterocycles. The van der Waals surface area contributed by atoms with Crippen LogP contribution in [0, 0.1) is 5.92 Å². The first-order valence-corrected chi connectivity index (χ1v) is 6.85. The number of nitrogens with one attached hydrogen (secondary N) is 1. The highest BCUT2D eigenvalue weighted by Gasteiger charge is 2.24. The number of rotatable bonds is 5. The van der Waals surface area contributed by atoms with Gasteiger partial charge < -0.3 is 19.9 Å². The largest absolute Gasteiger partial charge is 0.481 e. The van der Waals surface area contributed by atoms with Crippen molar-refractivity contribution in [1.29, 1.82) is 0 Å². The number of nitrogens with zero attached hydrogens (tertiary/aromatic N) is 3. The fourth-order valence-electron chi connectivity index (χ4n) is 2.49. The third kappa shape index (κ3) is 4.25. The molecule has 2 amide bonds. The highest BCUT2D eigenvalue weighted by molar-refractivity contribution is 5.74. The van der Waals surface area contributed by atoms with Crippen LogP contribution >= 0.6 is 0 Å². The summed E-state index contributed by atoms with van der Waals surface area (Å²) >= 11 is 0. The van der Waals surface area contributed by atoms with E-state index in [1.807, 2.05) is 10.8 Å². The molecular formula is C13H20N4O3. The first-order valence-electron chi connectivity index (χ1n) is 6.85. The van der Waals surface area contributed by atoms with Crippen molar-refractivity contribution in [2.45, 2.75) is 25.8 Å². The van der Waals surface area contributed by atoms with E-state index in [0.29, 0.717) is 26.2 Å². The zero-order valence-electron chi connectivity index (χ0n) is 11.4. The summed E-state index contributed by atoms with van der Waals surface area (Å²) < 4.78 is 1.89. The van der Waals surface area contributed by atoms with Crippen LogP contribution in [-0.4, -0.2) is 51.2 Å². The molecule has 0 spiro atoms. The van der Waals surface area contributed by atoms with Gasteiger partial charge in [0.2, 0.25) is 0 Å². The fraction of sp³-hybridized carbons (Fsp3) is 0.615. The lowest BCUT2D eigenvalue weighted by atomic mass is 9.95. The van der Waals surface area contributed by atoms with Gasteiger partial charge in [-0.15, -0.1) is 0 Å². The third-order valence-electron chi connectivity index (χ3n) is 3.47. The summed E-state index contributed by atoms with van der Waals surface area (Å²) in [6.07, 6.45) is 7.13. The van der Waals surface area contributed by atoms with Crippen molar-refractivity contribution in [3.05, 3.63) is 18.7 Å². The number of aromatic nitrogens is 2. The van der Waals surface area contributed by atoms with Crippen LogP contribution in [0.25, 0.3) is 0 Å². The second kappa shape index (κ2) is 6.93. The highest BCUT2D eigenvalue weighted by atomic mass is 16.4. The molecule has 0 aromatic carbocycles. The Morgan fingerprint density at radius 1 is 1.45 bits per heavy atom. The van der Waals surface area contributed by atoms with E-state index < -0.39 is 5.97 Å². The molecule has 0 bridgehead atoms. The van der Waals surface area contributed by atoms with Gasteiger partial charge in [-0.2, -0.15) is 0 Å². The summed E-state index contributed by atoms with van der Waals surface area (Å²) in [5.41, 5.74) is 0. The molecule has 0 aliphatic carbocycles. The normalized spacial score (nSPS) is 18.8. The van der Waals surface area contributed by atoms with Crippen LogP contribution in [0.5, 0.6) is 0 Å². The molecule has 1 aliphatic heterocycles. The number of likely N-dealkylation sites (tertiary alicyclic amines) is 1. The molecule has 0 radical (unpaired) electrons. The lowest BCUT2D eigenvalue weighted by molar-refractivity contribution is -0.138. The van der Waals surface area contributed by atoms with Gasteiger partial charge in [-0.1, -0.05) is 0 Å². The SMILES string of the molecule is O=C(O)CC1CCCN(C(=O)NCCn2ccnc2)C1. The second-order valence-corrected chi connectivity index (χ2v) is 5.08. The number of aliphatic carboxylic acids is 1. The van der Waals surface area contributed by atoms with E-state index in [1.165, 1.54) is 0 Å². The molecule has 1 fully saturated rings. The Labute approximate surface area is 117 Å². The molecule has 20 heavy (non-hydrogen) atoms. The first kappa shape index (κ1) is 14.4. The summed E-state index contributed by atoms with van der Waals surface area (Å²) in [4.78, 5) is 28.4. The predicted octanol–water partition coefficient (Wildman–Crippen LogP) is 0.779. The number of amides is 2. The molecule has 2 rings (SSSR count). The Hall–Kier alpha value is -2.05. The molecule has 1 saturated heterocycles. The van der Waals surface area contributed by atoms with Crippen LogP contribution in [0.3, 0.4) is 0 Å². The van der Waals surface area contributed by atoms with Gasteiger partial charge in [0, 0.05) is 45.0 Å². The zero-order valence-corrected chi connectivity index (χ0v) is 11.4. The molecule has 7 nitrogen and oxygen atoms in total. The maximum Gasteiger partial charge on any atom is 0.317 e. The fourth-order valence-corrected chi connectivity index (χ4v) is 2.49. The third-order valence-corrected chi connectivity index (χ3v) is 3.47. The smallest absolute Gasteiger partial charge is 0.317 e. The van der Waals surface area contributed by atoms with Gasteiger partial charge >= 0.3 is 12.0 Å². The molecule has 1 unspecified atom stereocenters. The van der Waals surface area contributed by atoms with Gasteiger partial charge in [-0.3, -0.25) is 4.79 Å². The van der Waals surface area contributed by atoms with Crippen LogP contribution in [0.1, 0.15) is 19.3 Å². The molecule has 1 aliphatic rings. The van der Waals surface area contributed by atoms with E-state index in [4.69, 9.17) is 5.11 Å². The zero-order chi connectivity index (χ0) is 14.4. The Bertz CT molecular complexity index is 446. The topological polar surface area (TPSA) is 87.5 Å². The number of urea groups is 1. The number of hydrogen-bond donors (Lipinski definition) is 2. The maximum absolute atomic E-state index is 12.0. The molecule has 2 heterocycles. The lowest BCUT2D eigenvalue weighted by Crippen LogP contribution is -2.46. The van der Waals surface area contributed by atoms with Crippen LogP contribution in [-0.2, 0) is 11.3 Å². The average molecular weight is 280 g/mol. The predicted molar refractivity (Wildman–Crippen MR) is 72.2 cm³/mol. The number of carboxylic acid groups (broad SMARTS) is 1. The van der Waals surface area contributed by atoms with E-state index >= 15 is 0 Å². The van der Waals surface area contributed by atoms with Crippen LogP contribution < -0.4 is 5.32 Å². The highest BCUT2D eigenvalue weighted by Crippen LogP contribution is 2.19. The molecule has 1 aromatic rings. The van der Waals surface area contributed by atoms with Gasteiger partial charge in [-0.25, -0.2) is 9.78 Å². The molecule has 110 valence electrons. The number of piperidine rings is 1. The van der Waals surface area contributed by atoms with Gasteiger partial charge in [0.15, 0.2) is 0 Å². The van der Waals surface area contributed by atoms with E-state index in [1.54, 1.807) is 17.4 Å². The van der Waals surface area contributed by atoms with Gasteiger partial charge in [0.1, 0.15) is 0 Å². The summed E-state index contributed by atoms with van der Waals surface area (Å²) in [6, 6.07) is -0.111. The van der Waals surface area contributed by atoms with E-state index in [-0.39, 0.29) is 18.4 Å². The average Bonchev–Trinajstić information content (AvgIpc) is 2.91. The minimum atomic E-state index is -0.794. The Kier molecular flexibility index (Phi) is 4.97. The van der Waals surface area contributed by atoms with Crippen molar-refractivity contribution in [1.82, 2.24) is 19.8 Å². The summed E-state index contributed by atoms with van der Waals surface area (Å²) in [5, 5.41) is 11.7. The van der Waals surface area contributed by atoms with Crippen molar-refractivity contribution in [2.75, 3.05) is 19.6 Å². The van der Waals surface area contributed by atoms with E-state index in [2.05, 4.69) is 10.3 Å². The quantitative estimate of drug-likeness (QED) is 0.834. The van der Waals surface area contributed by atoms with Crippen molar-refractivity contribution in [3.8, 4) is 0 Å². The van der Waals surface area contributed by atoms with Crippen molar-refractivity contribution in [3.63, 3.8) is 0 Å². The van der Waals surface area contributed by atoms with Crippen LogP contribution in [0.4, 0.5) is 4.79 Å². The lowest BCUT2D eigenvalue weighted by Gasteiger charge is -2.32. The van der Waals surface area contributed by atoms with E-state index in [0.717, 1.165) is 12.8 Å². The molecule has 2 N–H and O–H groups in total. The monoisotopic (exact) mass is 280 g/mol. The second-order valence-electron chi connectivity index (χ2n) is 5.08. The number of hydrogen-bond acceptors (Lipinski definition) is 3. The standard InChI is InChI=1S/C13H20N4O3/c18-12(19)8-11-2-1-5-17(9-11)13(20)15-4-7-16-6-3-14-10-16/h3,6,10-11H,1-2,4-5,7-9H2,(H,15,20)(H,18,19). The minimum absolute atomic E-state index is 0.0700. The summed E-state index contributed by atoms with van der Waals surface area (Å²) in [7, 11) is 0. The number of imidazole rings is 1. The van der Waals surface area contributed by atoms with Crippen molar-refractivity contribution < 1.29 is 14.7 Å². The van der Waals surface area contributed by atoms with Gasteiger partial charge in [0.25, 0.3) is 0 Å². The number of carbonyl (C=O) groups excluding carboxylic acids is 1. The number of carbonyl (C=O) groups is 2. The first-order chi connectivity index (χ1) is 9.65. The van der Waals surface area contributed by atoms with Crippen LogP contribution in [0.15, 0.2) is 18.7 Å². The summed E-state index contributed by atoms with van der Waals surface area (Å²) in [5.74, 6) is -0.724. The Morgan fingerprint density at radius 3 is 3.00 bits per heavy atom. The molecule has 0 saturated carbocycles. The van der Waals surface area contributed by atoms with Crippen molar-refractivity contribution in [2.24, 2.45) is 5.92 Å². The Morgan fingerprint density at radius 2 is 2.30 bits per heavy atom. The van der Waals surface area contributed by atoms with Gasteiger partial charge in [0.05, 0.1) is 6.33 Å². The van der Waals surface area contributed by atoms with Crippen LogP contribution in [0.2, 0.25) is 0 Å². The van der Waals surface area contributed by atoms with E-state index in [9.17, 15) is 9.59 Å². The number of carboxylic acids is 1. The summed E-state index contributed by atoms with van der Waals surface area (Å²) in [6.45, 7) is 2.45. The molecule has 1 atom stereocenters. The maximum atomic E-state index is 12.0. The molecular weight excluding hydrogens is 260 g/mol. The minimum Gasteiger partial charge on any atom is -0.481 e. The van der Waals surface area contributed by atoms with Crippen molar-refractivity contribution >= 4 is 12.0 Å². The molecule has 7 heteroatoms. The Balaban J connectivity index is 1.72.